The number of aliphatic hydroxyl groups excluding tert-OH is 1. The van der Waals surface area contributed by atoms with E-state index in [1.807, 2.05) is 12.1 Å². The van der Waals surface area contributed by atoms with E-state index in [0.717, 1.165) is 12.2 Å². The molecule has 2 atom stereocenters. The van der Waals surface area contributed by atoms with E-state index in [1.54, 1.807) is 13.4 Å². The van der Waals surface area contributed by atoms with Gasteiger partial charge in [0.15, 0.2) is 0 Å². The summed E-state index contributed by atoms with van der Waals surface area (Å²) in [6.45, 7) is 2.93. The second-order valence-electron chi connectivity index (χ2n) is 3.49. The lowest BCUT2D eigenvalue weighted by Crippen LogP contribution is -2.32. The summed E-state index contributed by atoms with van der Waals surface area (Å²) in [5.41, 5.74) is 0. The third-order valence-electron chi connectivity index (χ3n) is 2.25. The van der Waals surface area contributed by atoms with E-state index in [0.29, 0.717) is 13.2 Å². The molecule has 0 saturated heterocycles. The van der Waals surface area contributed by atoms with Crippen LogP contribution < -0.4 is 5.32 Å². The van der Waals surface area contributed by atoms with Gasteiger partial charge in [-0.25, -0.2) is 0 Å². The molecule has 0 radical (unpaired) electrons. The molecule has 2 N–H and O–H groups in total. The smallest absolute Gasteiger partial charge is 0.120 e. The van der Waals surface area contributed by atoms with E-state index in [9.17, 15) is 5.11 Å². The van der Waals surface area contributed by atoms with Gasteiger partial charge in [0, 0.05) is 13.7 Å². The predicted molar refractivity (Wildman–Crippen MR) is 57.6 cm³/mol. The van der Waals surface area contributed by atoms with E-state index in [1.165, 1.54) is 0 Å². The van der Waals surface area contributed by atoms with E-state index in [4.69, 9.17) is 9.15 Å². The summed E-state index contributed by atoms with van der Waals surface area (Å²) in [5, 5.41) is 12.7. The Morgan fingerprint density at radius 2 is 2.40 bits per heavy atom. The molecule has 1 heterocycles. The lowest BCUT2D eigenvalue weighted by molar-refractivity contribution is 0.0621. The Morgan fingerprint density at radius 1 is 1.60 bits per heavy atom. The van der Waals surface area contributed by atoms with Crippen LogP contribution in [-0.2, 0) is 4.74 Å². The molecule has 0 saturated carbocycles. The fourth-order valence-electron chi connectivity index (χ4n) is 1.47. The summed E-state index contributed by atoms with van der Waals surface area (Å²) in [6.07, 6.45) is 2.11. The first-order chi connectivity index (χ1) is 7.27. The van der Waals surface area contributed by atoms with Crippen molar-refractivity contribution in [2.24, 2.45) is 0 Å². The van der Waals surface area contributed by atoms with Gasteiger partial charge in [-0.1, -0.05) is 6.92 Å². The van der Waals surface area contributed by atoms with Crippen LogP contribution in [0.15, 0.2) is 22.8 Å². The molecule has 0 amide bonds. The zero-order valence-corrected chi connectivity index (χ0v) is 9.27. The van der Waals surface area contributed by atoms with Crippen molar-refractivity contribution in [3.63, 3.8) is 0 Å². The largest absolute Gasteiger partial charge is 0.468 e. The number of nitrogens with one attached hydrogen (secondary N) is 1. The molecule has 0 spiro atoms. The first-order valence-corrected chi connectivity index (χ1v) is 5.21. The highest BCUT2D eigenvalue weighted by Crippen LogP contribution is 2.16. The maximum atomic E-state index is 9.47. The van der Waals surface area contributed by atoms with Gasteiger partial charge in [-0.05, 0) is 18.6 Å². The molecule has 0 fully saturated rings. The van der Waals surface area contributed by atoms with Crippen molar-refractivity contribution in [2.45, 2.75) is 25.5 Å². The van der Waals surface area contributed by atoms with Crippen molar-refractivity contribution in [1.82, 2.24) is 5.32 Å². The summed E-state index contributed by atoms with van der Waals surface area (Å²) in [6, 6.07) is 3.96. The summed E-state index contributed by atoms with van der Waals surface area (Å²) in [4.78, 5) is 0. The minimum atomic E-state index is -0.473. The van der Waals surface area contributed by atoms with Crippen molar-refractivity contribution < 1.29 is 14.3 Å². The first kappa shape index (κ1) is 12.2. The van der Waals surface area contributed by atoms with E-state index in [2.05, 4.69) is 12.2 Å². The Bertz CT molecular complexity index is 248. The van der Waals surface area contributed by atoms with Crippen LogP contribution in [0.5, 0.6) is 0 Å². The third kappa shape index (κ3) is 4.03. The predicted octanol–water partition coefficient (Wildman–Crippen LogP) is 1.33. The second-order valence-corrected chi connectivity index (χ2v) is 3.49. The summed E-state index contributed by atoms with van der Waals surface area (Å²) in [5.74, 6) is 0.905. The molecule has 4 nitrogen and oxygen atoms in total. The van der Waals surface area contributed by atoms with E-state index in [-0.39, 0.29) is 6.04 Å². The number of furan rings is 1. The van der Waals surface area contributed by atoms with Crippen LogP contribution in [0.25, 0.3) is 0 Å². The van der Waals surface area contributed by atoms with Crippen molar-refractivity contribution in [3.8, 4) is 0 Å². The topological polar surface area (TPSA) is 54.6 Å². The van der Waals surface area contributed by atoms with Gasteiger partial charge in [0.2, 0.25) is 0 Å². The fraction of sp³-hybridized carbons (Fsp3) is 0.636. The lowest BCUT2D eigenvalue weighted by Gasteiger charge is -2.17. The van der Waals surface area contributed by atoms with Gasteiger partial charge in [-0.3, -0.25) is 0 Å². The molecule has 0 aliphatic carbocycles. The monoisotopic (exact) mass is 213 g/mol. The minimum absolute atomic E-state index is 0.159. The normalized spacial score (nSPS) is 15.1. The van der Waals surface area contributed by atoms with Crippen LogP contribution >= 0.6 is 0 Å². The van der Waals surface area contributed by atoms with Crippen LogP contribution in [0.3, 0.4) is 0 Å². The van der Waals surface area contributed by atoms with Crippen LogP contribution in [0.1, 0.15) is 25.1 Å². The van der Waals surface area contributed by atoms with Crippen LogP contribution in [-0.4, -0.2) is 31.5 Å². The molecule has 0 bridgehead atoms. The highest BCUT2D eigenvalue weighted by atomic mass is 16.5. The van der Waals surface area contributed by atoms with Gasteiger partial charge in [-0.2, -0.15) is 0 Å². The zero-order chi connectivity index (χ0) is 11.1. The SMILES string of the molecule is CCC(NCC(O)COC)c1ccco1. The molecule has 1 rings (SSSR count). The van der Waals surface area contributed by atoms with E-state index < -0.39 is 6.10 Å². The Kier molecular flexibility index (Phi) is 5.39. The highest BCUT2D eigenvalue weighted by Gasteiger charge is 2.13. The molecule has 1 aromatic rings. The Hall–Kier alpha value is -0.840. The molecule has 2 unspecified atom stereocenters. The standard InChI is InChI=1S/C11H19NO3/c1-3-10(11-5-4-6-15-11)12-7-9(13)8-14-2/h4-6,9-10,12-13H,3,7-8H2,1-2H3. The molecule has 86 valence electrons. The van der Waals surface area contributed by atoms with Crippen molar-refractivity contribution in [1.29, 1.82) is 0 Å². The highest BCUT2D eigenvalue weighted by molar-refractivity contribution is 5.03. The summed E-state index contributed by atoms with van der Waals surface area (Å²) >= 11 is 0. The van der Waals surface area contributed by atoms with Gasteiger partial charge in [-0.15, -0.1) is 0 Å². The maximum Gasteiger partial charge on any atom is 0.120 e. The number of hydrogen-bond donors (Lipinski definition) is 2. The van der Waals surface area contributed by atoms with Crippen LogP contribution in [0, 0.1) is 0 Å². The molecule has 15 heavy (non-hydrogen) atoms. The van der Waals surface area contributed by atoms with Crippen LogP contribution in [0.4, 0.5) is 0 Å². The number of methoxy groups -OCH3 is 1. The van der Waals surface area contributed by atoms with Crippen molar-refractivity contribution in [2.75, 3.05) is 20.3 Å². The Balaban J connectivity index is 2.35. The Labute approximate surface area is 90.2 Å². The van der Waals surface area contributed by atoms with Gasteiger partial charge < -0.3 is 19.6 Å². The summed E-state index contributed by atoms with van der Waals surface area (Å²) < 4.78 is 10.2. The van der Waals surface area contributed by atoms with Crippen molar-refractivity contribution in [3.05, 3.63) is 24.2 Å². The first-order valence-electron chi connectivity index (χ1n) is 5.21. The number of rotatable bonds is 7. The molecule has 0 aromatic carbocycles. The molecular weight excluding hydrogens is 194 g/mol. The molecule has 1 aromatic heterocycles. The molecular formula is C11H19NO3. The van der Waals surface area contributed by atoms with Crippen LogP contribution in [0.2, 0.25) is 0 Å². The summed E-state index contributed by atoms with van der Waals surface area (Å²) in [7, 11) is 1.58. The fourth-order valence-corrected chi connectivity index (χ4v) is 1.47. The minimum Gasteiger partial charge on any atom is -0.468 e. The van der Waals surface area contributed by atoms with Gasteiger partial charge in [0.1, 0.15) is 5.76 Å². The van der Waals surface area contributed by atoms with Gasteiger partial charge in [0.25, 0.3) is 0 Å². The third-order valence-corrected chi connectivity index (χ3v) is 2.25. The average Bonchev–Trinajstić information content (AvgIpc) is 2.72. The van der Waals surface area contributed by atoms with Gasteiger partial charge >= 0.3 is 0 Å². The van der Waals surface area contributed by atoms with Gasteiger partial charge in [0.05, 0.1) is 25.0 Å². The van der Waals surface area contributed by atoms with Crippen molar-refractivity contribution >= 4 is 0 Å². The number of ether oxygens (including phenoxy) is 1. The van der Waals surface area contributed by atoms with E-state index >= 15 is 0 Å². The molecule has 0 aliphatic rings. The average molecular weight is 213 g/mol. The maximum absolute atomic E-state index is 9.47. The second kappa shape index (κ2) is 6.61. The molecule has 4 heteroatoms. The zero-order valence-electron chi connectivity index (χ0n) is 9.27. The lowest BCUT2D eigenvalue weighted by atomic mass is 10.1. The number of hydrogen-bond acceptors (Lipinski definition) is 4. The Morgan fingerprint density at radius 3 is 2.93 bits per heavy atom. The number of aliphatic hydroxyl groups is 1. The molecule has 0 aliphatic heterocycles. The quantitative estimate of drug-likeness (QED) is 0.717.